The van der Waals surface area contributed by atoms with Crippen molar-refractivity contribution >= 4 is 17.9 Å². The molecule has 0 spiro atoms. The molecule has 0 saturated heterocycles. The Bertz CT molecular complexity index is 662. The molecule has 44 heavy (non-hydrogen) atoms. The molecule has 0 aliphatic rings. The number of carbonyl (C=O) groups is 3. The van der Waals surface area contributed by atoms with Crippen LogP contribution in [0.5, 0.6) is 0 Å². The average Bonchev–Trinajstić information content (AvgIpc) is 3.00. The number of ether oxygens (including phenoxy) is 3. The molecule has 0 radical (unpaired) electrons. The fourth-order valence-corrected chi connectivity index (χ4v) is 5.39. The van der Waals surface area contributed by atoms with E-state index in [4.69, 9.17) is 14.2 Å². The SMILES string of the molecule is CCCCCCCCCCCC(=O)O[C@@H](COC(=O)CCCCCCCCC)COC(=O)CCCCCCCCCC(C)C. The fourth-order valence-electron chi connectivity index (χ4n) is 5.39. The van der Waals surface area contributed by atoms with E-state index in [0.717, 1.165) is 63.7 Å². The zero-order valence-corrected chi connectivity index (χ0v) is 29.6. The first-order valence-corrected chi connectivity index (χ1v) is 18.9. The minimum atomic E-state index is -0.756. The lowest BCUT2D eigenvalue weighted by atomic mass is 10.0. The molecule has 0 aliphatic heterocycles. The van der Waals surface area contributed by atoms with E-state index >= 15 is 0 Å². The first kappa shape index (κ1) is 42.4. The second-order valence-corrected chi connectivity index (χ2v) is 13.3. The summed E-state index contributed by atoms with van der Waals surface area (Å²) in [5.74, 6) is -0.0956. The van der Waals surface area contributed by atoms with Gasteiger partial charge in [-0.3, -0.25) is 14.4 Å². The quantitative estimate of drug-likeness (QED) is 0.0410. The van der Waals surface area contributed by atoms with Crippen molar-refractivity contribution in [2.24, 2.45) is 5.92 Å². The zero-order valence-electron chi connectivity index (χ0n) is 29.6. The van der Waals surface area contributed by atoms with Crippen LogP contribution in [0.25, 0.3) is 0 Å². The molecule has 6 nitrogen and oxygen atoms in total. The summed E-state index contributed by atoms with van der Waals surface area (Å²) in [5, 5.41) is 0. The number of unbranched alkanes of at least 4 members (excludes halogenated alkanes) is 20. The van der Waals surface area contributed by atoms with E-state index in [0.29, 0.717) is 19.3 Å². The predicted molar refractivity (Wildman–Crippen MR) is 183 cm³/mol. The molecule has 1 atom stereocenters. The molecule has 0 heterocycles. The van der Waals surface area contributed by atoms with Crippen LogP contribution in [0.2, 0.25) is 0 Å². The van der Waals surface area contributed by atoms with E-state index in [9.17, 15) is 14.4 Å². The third-order valence-electron chi connectivity index (χ3n) is 8.29. The minimum absolute atomic E-state index is 0.0665. The van der Waals surface area contributed by atoms with Crippen molar-refractivity contribution < 1.29 is 28.6 Å². The lowest BCUT2D eigenvalue weighted by Gasteiger charge is -2.18. The topological polar surface area (TPSA) is 78.9 Å². The highest BCUT2D eigenvalue weighted by Gasteiger charge is 2.19. The van der Waals surface area contributed by atoms with Gasteiger partial charge in [0.05, 0.1) is 0 Å². The van der Waals surface area contributed by atoms with Gasteiger partial charge < -0.3 is 14.2 Å². The van der Waals surface area contributed by atoms with Crippen molar-refractivity contribution in [3.05, 3.63) is 0 Å². The van der Waals surface area contributed by atoms with Crippen LogP contribution >= 0.6 is 0 Å². The Labute approximate surface area is 272 Å². The Morgan fingerprint density at radius 1 is 0.432 bits per heavy atom. The molecule has 0 fully saturated rings. The number of carbonyl (C=O) groups excluding carboxylic acids is 3. The molecule has 0 unspecified atom stereocenters. The van der Waals surface area contributed by atoms with Gasteiger partial charge in [-0.25, -0.2) is 0 Å². The van der Waals surface area contributed by atoms with E-state index in [2.05, 4.69) is 27.7 Å². The van der Waals surface area contributed by atoms with Gasteiger partial charge in [-0.1, -0.05) is 163 Å². The molecule has 0 aromatic rings. The highest BCUT2D eigenvalue weighted by Crippen LogP contribution is 2.14. The standard InChI is InChI=1S/C38H72O6/c1-5-7-9-11-13-14-18-23-27-31-38(41)44-35(32-42-36(39)29-25-21-16-12-10-8-6-2)33-43-37(40)30-26-22-19-15-17-20-24-28-34(3)4/h34-35H,5-33H2,1-4H3/t35-/m0/s1. The number of esters is 3. The zero-order chi connectivity index (χ0) is 32.5. The van der Waals surface area contributed by atoms with Crippen LogP contribution in [0.3, 0.4) is 0 Å². The van der Waals surface area contributed by atoms with Crippen molar-refractivity contribution in [2.45, 2.75) is 207 Å². The van der Waals surface area contributed by atoms with Crippen LogP contribution < -0.4 is 0 Å². The second-order valence-electron chi connectivity index (χ2n) is 13.3. The van der Waals surface area contributed by atoms with E-state index in [1.807, 2.05) is 0 Å². The molecule has 0 rings (SSSR count). The Hall–Kier alpha value is -1.59. The molecule has 0 saturated carbocycles. The van der Waals surface area contributed by atoms with Gasteiger partial charge in [0.2, 0.25) is 0 Å². The van der Waals surface area contributed by atoms with Crippen LogP contribution in [0.4, 0.5) is 0 Å². The maximum atomic E-state index is 12.5. The first-order chi connectivity index (χ1) is 21.4. The van der Waals surface area contributed by atoms with Gasteiger partial charge in [0.25, 0.3) is 0 Å². The van der Waals surface area contributed by atoms with Crippen LogP contribution in [-0.4, -0.2) is 37.2 Å². The number of hydrogen-bond acceptors (Lipinski definition) is 6. The molecule has 0 aromatic carbocycles. The van der Waals surface area contributed by atoms with Crippen LogP contribution in [0.1, 0.15) is 201 Å². The van der Waals surface area contributed by atoms with Crippen LogP contribution in [0.15, 0.2) is 0 Å². The third kappa shape index (κ3) is 31.8. The van der Waals surface area contributed by atoms with Crippen molar-refractivity contribution in [2.75, 3.05) is 13.2 Å². The molecule has 260 valence electrons. The largest absolute Gasteiger partial charge is 0.462 e. The summed E-state index contributed by atoms with van der Waals surface area (Å²) in [6, 6.07) is 0. The van der Waals surface area contributed by atoms with Crippen molar-refractivity contribution in [3.63, 3.8) is 0 Å². The summed E-state index contributed by atoms with van der Waals surface area (Å²) in [5.41, 5.74) is 0. The summed E-state index contributed by atoms with van der Waals surface area (Å²) in [7, 11) is 0. The van der Waals surface area contributed by atoms with Crippen LogP contribution in [-0.2, 0) is 28.6 Å². The van der Waals surface area contributed by atoms with Gasteiger partial charge in [0.15, 0.2) is 6.10 Å². The molecule has 0 N–H and O–H groups in total. The summed E-state index contributed by atoms with van der Waals surface area (Å²) < 4.78 is 16.5. The maximum Gasteiger partial charge on any atom is 0.306 e. The van der Waals surface area contributed by atoms with Crippen LogP contribution in [0, 0.1) is 5.92 Å². The van der Waals surface area contributed by atoms with Gasteiger partial charge in [-0.15, -0.1) is 0 Å². The lowest BCUT2D eigenvalue weighted by molar-refractivity contribution is -0.167. The van der Waals surface area contributed by atoms with E-state index < -0.39 is 6.10 Å². The van der Waals surface area contributed by atoms with Gasteiger partial charge in [0.1, 0.15) is 13.2 Å². The number of hydrogen-bond donors (Lipinski definition) is 0. The predicted octanol–water partition coefficient (Wildman–Crippen LogP) is 11.2. The molecule has 0 amide bonds. The molecule has 0 aliphatic carbocycles. The fraction of sp³-hybridized carbons (Fsp3) is 0.921. The van der Waals surface area contributed by atoms with Gasteiger partial charge in [0, 0.05) is 19.3 Å². The van der Waals surface area contributed by atoms with E-state index in [1.54, 1.807) is 0 Å². The third-order valence-corrected chi connectivity index (χ3v) is 8.29. The highest BCUT2D eigenvalue weighted by atomic mass is 16.6. The minimum Gasteiger partial charge on any atom is -0.462 e. The highest BCUT2D eigenvalue weighted by molar-refractivity contribution is 5.71. The molecule has 0 bridgehead atoms. The normalized spacial score (nSPS) is 11.9. The molecule has 0 aromatic heterocycles. The molecular formula is C38H72O6. The van der Waals surface area contributed by atoms with Gasteiger partial charge in [-0.05, 0) is 25.2 Å². The van der Waals surface area contributed by atoms with Crippen molar-refractivity contribution in [1.82, 2.24) is 0 Å². The van der Waals surface area contributed by atoms with E-state index in [1.165, 1.54) is 96.3 Å². The van der Waals surface area contributed by atoms with Gasteiger partial charge >= 0.3 is 17.9 Å². The lowest BCUT2D eigenvalue weighted by Crippen LogP contribution is -2.30. The molecular weight excluding hydrogens is 552 g/mol. The Balaban J connectivity index is 4.34. The maximum absolute atomic E-state index is 12.5. The van der Waals surface area contributed by atoms with E-state index in [-0.39, 0.29) is 31.1 Å². The summed E-state index contributed by atoms with van der Waals surface area (Å²) in [6.07, 6.45) is 28.2. The Morgan fingerprint density at radius 2 is 0.750 bits per heavy atom. The molecule has 6 heteroatoms. The summed E-state index contributed by atoms with van der Waals surface area (Å²) in [6.45, 7) is 8.85. The first-order valence-electron chi connectivity index (χ1n) is 18.9. The number of rotatable bonds is 33. The van der Waals surface area contributed by atoms with Crippen molar-refractivity contribution in [3.8, 4) is 0 Å². The smallest absolute Gasteiger partial charge is 0.306 e. The second kappa shape index (κ2) is 32.8. The summed E-state index contributed by atoms with van der Waals surface area (Å²) in [4.78, 5) is 37.2. The Kier molecular flexibility index (Phi) is 31.6. The Morgan fingerprint density at radius 3 is 1.11 bits per heavy atom. The van der Waals surface area contributed by atoms with Crippen molar-refractivity contribution in [1.29, 1.82) is 0 Å². The monoisotopic (exact) mass is 625 g/mol. The van der Waals surface area contributed by atoms with Gasteiger partial charge in [-0.2, -0.15) is 0 Å². The summed E-state index contributed by atoms with van der Waals surface area (Å²) >= 11 is 0. The average molecular weight is 625 g/mol.